The molecule has 0 spiro atoms. The number of carboxylic acid groups (broad SMARTS) is 1. The van der Waals surface area contributed by atoms with E-state index in [0.29, 0.717) is 5.82 Å². The Morgan fingerprint density at radius 2 is 1.88 bits per heavy atom. The summed E-state index contributed by atoms with van der Waals surface area (Å²) >= 11 is 0. The average molecular weight is 327 g/mol. The maximum Gasteiger partial charge on any atom is 0.371 e. The van der Waals surface area contributed by atoms with Gasteiger partial charge in [0.2, 0.25) is 5.76 Å². The predicted octanol–water partition coefficient (Wildman–Crippen LogP) is 1.44. The smallest absolute Gasteiger partial charge is 0.371 e. The third kappa shape index (κ3) is 3.00. The summed E-state index contributed by atoms with van der Waals surface area (Å²) in [6.07, 6.45) is 0. The predicted molar refractivity (Wildman–Crippen MR) is 80.7 cm³/mol. The Kier molecular flexibility index (Phi) is 4.06. The van der Waals surface area contributed by atoms with Gasteiger partial charge in [-0.05, 0) is 41.6 Å². The zero-order chi connectivity index (χ0) is 17.1. The van der Waals surface area contributed by atoms with Crippen LogP contribution >= 0.6 is 0 Å². The molecule has 1 amide bonds. The van der Waals surface area contributed by atoms with Crippen LogP contribution in [0.3, 0.4) is 0 Å². The first-order valence-electron chi connectivity index (χ1n) is 7.04. The minimum absolute atomic E-state index is 0.0991. The topological polar surface area (TPSA) is 123 Å². The Morgan fingerprint density at radius 1 is 1.17 bits per heavy atom. The van der Waals surface area contributed by atoms with Crippen LogP contribution in [0, 0.1) is 0 Å². The quantitative estimate of drug-likeness (QED) is 0.726. The highest BCUT2D eigenvalue weighted by molar-refractivity contribution is 5.93. The minimum Gasteiger partial charge on any atom is -0.475 e. The number of tetrazole rings is 1. The molecule has 0 bridgehead atoms. The van der Waals surface area contributed by atoms with Crippen molar-refractivity contribution in [3.05, 3.63) is 59.8 Å². The lowest BCUT2D eigenvalue weighted by Gasteiger charge is -2.12. The van der Waals surface area contributed by atoms with Crippen LogP contribution in [-0.2, 0) is 0 Å². The third-order valence-electron chi connectivity index (χ3n) is 3.27. The maximum atomic E-state index is 12.2. The lowest BCUT2D eigenvalue weighted by atomic mass is 10.2. The number of para-hydroxylation sites is 1. The summed E-state index contributed by atoms with van der Waals surface area (Å²) in [7, 11) is 0. The van der Waals surface area contributed by atoms with E-state index in [2.05, 4.69) is 20.8 Å². The fraction of sp³-hybridized carbons (Fsp3) is 0.133. The van der Waals surface area contributed by atoms with Crippen LogP contribution < -0.4 is 5.32 Å². The molecule has 0 aliphatic heterocycles. The molecule has 24 heavy (non-hydrogen) atoms. The number of carbonyl (C=O) groups excluding carboxylic acids is 1. The zero-order valence-electron chi connectivity index (χ0n) is 12.6. The molecule has 2 N–H and O–H groups in total. The van der Waals surface area contributed by atoms with Gasteiger partial charge >= 0.3 is 5.97 Å². The minimum atomic E-state index is -1.24. The van der Waals surface area contributed by atoms with Gasteiger partial charge in [0.25, 0.3) is 5.91 Å². The number of nitrogens with zero attached hydrogens (tertiary/aromatic N) is 4. The van der Waals surface area contributed by atoms with E-state index in [0.717, 1.165) is 5.69 Å². The molecular weight excluding hydrogens is 314 g/mol. The fourth-order valence-corrected chi connectivity index (χ4v) is 2.12. The van der Waals surface area contributed by atoms with E-state index in [-0.39, 0.29) is 11.5 Å². The van der Waals surface area contributed by atoms with E-state index in [1.165, 1.54) is 16.8 Å². The van der Waals surface area contributed by atoms with Crippen LogP contribution in [0.4, 0.5) is 0 Å². The summed E-state index contributed by atoms with van der Waals surface area (Å²) < 4.78 is 6.48. The third-order valence-corrected chi connectivity index (χ3v) is 3.27. The molecule has 0 fully saturated rings. The first-order chi connectivity index (χ1) is 11.6. The zero-order valence-corrected chi connectivity index (χ0v) is 12.6. The number of carboxylic acids is 1. The van der Waals surface area contributed by atoms with Crippen LogP contribution in [0.25, 0.3) is 5.69 Å². The number of amides is 1. The van der Waals surface area contributed by atoms with Crippen molar-refractivity contribution in [2.24, 2.45) is 0 Å². The Labute approximate surface area is 135 Å². The number of nitrogens with one attached hydrogen (secondary N) is 1. The molecule has 122 valence electrons. The van der Waals surface area contributed by atoms with Gasteiger partial charge < -0.3 is 14.8 Å². The number of carbonyl (C=O) groups is 2. The molecule has 2 aromatic heterocycles. The van der Waals surface area contributed by atoms with Gasteiger partial charge in [-0.25, -0.2) is 4.79 Å². The van der Waals surface area contributed by atoms with Crippen LogP contribution in [0.5, 0.6) is 0 Å². The lowest BCUT2D eigenvalue weighted by molar-refractivity contribution is 0.0659. The van der Waals surface area contributed by atoms with Crippen molar-refractivity contribution in [1.82, 2.24) is 25.5 Å². The molecular formula is C15H13N5O4. The summed E-state index contributed by atoms with van der Waals surface area (Å²) in [4.78, 5) is 23.0. The van der Waals surface area contributed by atoms with Crippen LogP contribution in [0.15, 0.2) is 46.9 Å². The van der Waals surface area contributed by atoms with Crippen molar-refractivity contribution < 1.29 is 19.1 Å². The van der Waals surface area contributed by atoms with Crippen LogP contribution in [0.1, 0.15) is 39.9 Å². The van der Waals surface area contributed by atoms with Gasteiger partial charge in [-0.15, -0.1) is 5.10 Å². The molecule has 0 radical (unpaired) electrons. The molecule has 1 aromatic carbocycles. The number of hydrogen-bond donors (Lipinski definition) is 2. The number of aromatic carboxylic acids is 1. The van der Waals surface area contributed by atoms with E-state index >= 15 is 0 Å². The number of rotatable bonds is 5. The van der Waals surface area contributed by atoms with Gasteiger partial charge in [0.05, 0.1) is 11.7 Å². The molecule has 2 heterocycles. The van der Waals surface area contributed by atoms with Gasteiger partial charge in [-0.3, -0.25) is 4.79 Å². The highest BCUT2D eigenvalue weighted by atomic mass is 16.4. The van der Waals surface area contributed by atoms with Crippen molar-refractivity contribution in [2.45, 2.75) is 13.0 Å². The first-order valence-corrected chi connectivity index (χ1v) is 7.04. The van der Waals surface area contributed by atoms with Crippen molar-refractivity contribution in [3.63, 3.8) is 0 Å². The summed E-state index contributed by atoms with van der Waals surface area (Å²) in [5.74, 6) is -1.77. The van der Waals surface area contributed by atoms with Crippen LogP contribution in [-0.4, -0.2) is 37.2 Å². The molecule has 1 unspecified atom stereocenters. The molecule has 0 aliphatic carbocycles. The second-order valence-electron chi connectivity index (χ2n) is 4.95. The number of hydrogen-bond acceptors (Lipinski definition) is 6. The van der Waals surface area contributed by atoms with E-state index < -0.39 is 17.9 Å². The molecule has 9 heteroatoms. The number of aromatic nitrogens is 4. The molecule has 0 aliphatic rings. The maximum absolute atomic E-state index is 12.2. The second kappa shape index (κ2) is 6.32. The van der Waals surface area contributed by atoms with E-state index in [4.69, 9.17) is 9.52 Å². The number of benzene rings is 1. The summed E-state index contributed by atoms with van der Waals surface area (Å²) in [6.45, 7) is 1.71. The Morgan fingerprint density at radius 3 is 2.54 bits per heavy atom. The standard InChI is InChI=1S/C15H13N5O4/c1-9(16-14(21)11-7-8-12(24-11)15(22)23)13-17-18-19-20(13)10-5-3-2-4-6-10/h2-9H,1H3,(H,16,21)(H,22,23). The normalized spacial score (nSPS) is 11.9. The van der Waals surface area contributed by atoms with Gasteiger partial charge in [0, 0.05) is 0 Å². The van der Waals surface area contributed by atoms with Crippen molar-refractivity contribution in [1.29, 1.82) is 0 Å². The lowest BCUT2D eigenvalue weighted by Crippen LogP contribution is -2.28. The van der Waals surface area contributed by atoms with Crippen molar-refractivity contribution in [3.8, 4) is 5.69 Å². The van der Waals surface area contributed by atoms with Crippen molar-refractivity contribution >= 4 is 11.9 Å². The van der Waals surface area contributed by atoms with E-state index in [1.54, 1.807) is 6.92 Å². The molecule has 9 nitrogen and oxygen atoms in total. The molecule has 1 atom stereocenters. The Balaban J connectivity index is 1.78. The van der Waals surface area contributed by atoms with Gasteiger partial charge in [-0.2, -0.15) is 4.68 Å². The van der Waals surface area contributed by atoms with E-state index in [1.807, 2.05) is 30.3 Å². The average Bonchev–Trinajstić information content (AvgIpc) is 3.25. The highest BCUT2D eigenvalue weighted by Crippen LogP contribution is 2.15. The second-order valence-corrected chi connectivity index (χ2v) is 4.95. The van der Waals surface area contributed by atoms with E-state index in [9.17, 15) is 9.59 Å². The SMILES string of the molecule is CC(NC(=O)c1ccc(C(=O)O)o1)c1nnnn1-c1ccccc1. The Bertz CT molecular complexity index is 871. The fourth-order valence-electron chi connectivity index (χ4n) is 2.12. The molecule has 0 saturated carbocycles. The van der Waals surface area contributed by atoms with Gasteiger partial charge in [0.1, 0.15) is 0 Å². The Hall–Kier alpha value is -3.49. The van der Waals surface area contributed by atoms with Crippen molar-refractivity contribution in [2.75, 3.05) is 0 Å². The summed E-state index contributed by atoms with van der Waals surface area (Å²) in [5, 5.41) is 23.0. The first kappa shape index (κ1) is 15.4. The monoisotopic (exact) mass is 327 g/mol. The number of furan rings is 1. The molecule has 3 rings (SSSR count). The molecule has 0 saturated heterocycles. The van der Waals surface area contributed by atoms with Gasteiger partial charge in [-0.1, -0.05) is 18.2 Å². The largest absolute Gasteiger partial charge is 0.475 e. The molecule has 3 aromatic rings. The van der Waals surface area contributed by atoms with Gasteiger partial charge in [0.15, 0.2) is 11.6 Å². The summed E-state index contributed by atoms with van der Waals surface area (Å²) in [6, 6.07) is 11.2. The van der Waals surface area contributed by atoms with Crippen LogP contribution in [0.2, 0.25) is 0 Å². The summed E-state index contributed by atoms with van der Waals surface area (Å²) in [5.41, 5.74) is 0.754. The highest BCUT2D eigenvalue weighted by Gasteiger charge is 2.21.